The molecule has 1 aromatic carbocycles. The molecule has 3 rings (SSSR count). The molecule has 156 valence electrons. The van der Waals surface area contributed by atoms with Crippen molar-refractivity contribution in [3.63, 3.8) is 0 Å². The summed E-state index contributed by atoms with van der Waals surface area (Å²) < 4.78 is 29.9. The molecular weight excluding hydrogens is 413 g/mol. The maximum absolute atomic E-state index is 13.0. The second-order valence-corrected chi connectivity index (χ2v) is 9.84. The summed E-state index contributed by atoms with van der Waals surface area (Å²) in [6.45, 7) is 7.19. The molecule has 0 unspecified atom stereocenters. The van der Waals surface area contributed by atoms with Gasteiger partial charge in [-0.2, -0.15) is 0 Å². The first-order chi connectivity index (χ1) is 13.8. The summed E-state index contributed by atoms with van der Waals surface area (Å²) in [6, 6.07) is 7.37. The van der Waals surface area contributed by atoms with E-state index in [2.05, 4.69) is 15.0 Å². The fraction of sp³-hybridized carbons (Fsp3) is 0.368. The fourth-order valence-corrected chi connectivity index (χ4v) is 5.39. The first kappa shape index (κ1) is 21.6. The van der Waals surface area contributed by atoms with Crippen LogP contribution in [-0.2, 0) is 13.6 Å². The SMILES string of the molecule is CC(C)OP(=O)(COc1ccccc1Sc1c[nH]c2c(=O)[nH]cnc12)OC(C)C. The number of fused-ring (bicyclic) bond motifs is 1. The van der Waals surface area contributed by atoms with Gasteiger partial charge in [0.1, 0.15) is 16.8 Å². The van der Waals surface area contributed by atoms with Crippen molar-refractivity contribution in [2.45, 2.75) is 49.7 Å². The molecule has 0 amide bonds. The summed E-state index contributed by atoms with van der Waals surface area (Å²) in [5.74, 6) is 0.539. The lowest BCUT2D eigenvalue weighted by Gasteiger charge is -2.23. The fourth-order valence-electron chi connectivity index (χ4n) is 2.65. The molecule has 0 fully saturated rings. The lowest BCUT2D eigenvalue weighted by atomic mass is 10.3. The minimum atomic E-state index is -3.43. The molecule has 0 saturated heterocycles. The van der Waals surface area contributed by atoms with Gasteiger partial charge in [-0.25, -0.2) is 4.98 Å². The molecule has 29 heavy (non-hydrogen) atoms. The Labute approximate surface area is 172 Å². The smallest absolute Gasteiger partial charge is 0.368 e. The molecular formula is C19H24N3O5PS. The highest BCUT2D eigenvalue weighted by molar-refractivity contribution is 7.99. The number of aromatic amines is 2. The van der Waals surface area contributed by atoms with Crippen molar-refractivity contribution < 1.29 is 18.3 Å². The van der Waals surface area contributed by atoms with Crippen molar-refractivity contribution in [2.75, 3.05) is 6.35 Å². The number of nitrogens with one attached hydrogen (secondary N) is 2. The number of rotatable bonds is 9. The van der Waals surface area contributed by atoms with E-state index in [1.165, 1.54) is 18.1 Å². The zero-order chi connectivity index (χ0) is 21.0. The molecule has 0 radical (unpaired) electrons. The Bertz CT molecular complexity index is 1060. The van der Waals surface area contributed by atoms with Gasteiger partial charge >= 0.3 is 7.60 Å². The average molecular weight is 437 g/mol. The first-order valence-electron chi connectivity index (χ1n) is 9.18. The standard InChI is InChI=1S/C19H24N3O5PS/c1-12(2)26-28(24,27-13(3)4)11-25-14-7-5-6-8-15(14)29-16-9-20-18-17(16)21-10-22-19(18)23/h5-10,12-13,20H,11H2,1-4H3,(H,21,22,23). The van der Waals surface area contributed by atoms with E-state index in [0.717, 1.165) is 9.79 Å². The lowest BCUT2D eigenvalue weighted by molar-refractivity contribution is 0.128. The number of hydrogen-bond acceptors (Lipinski definition) is 7. The van der Waals surface area contributed by atoms with Crippen LogP contribution in [0, 0.1) is 0 Å². The summed E-state index contributed by atoms with van der Waals surface area (Å²) in [7, 11) is -3.43. The van der Waals surface area contributed by atoms with Crippen LogP contribution in [0.5, 0.6) is 5.75 Å². The first-order valence-corrected chi connectivity index (χ1v) is 11.7. The molecule has 8 nitrogen and oxygen atoms in total. The Balaban J connectivity index is 1.82. The minimum Gasteiger partial charge on any atom is -0.480 e. The van der Waals surface area contributed by atoms with Gasteiger partial charge in [0, 0.05) is 6.20 Å². The van der Waals surface area contributed by atoms with Crippen LogP contribution in [0.25, 0.3) is 11.0 Å². The van der Waals surface area contributed by atoms with Crippen molar-refractivity contribution in [2.24, 2.45) is 0 Å². The summed E-state index contributed by atoms with van der Waals surface area (Å²) in [4.78, 5) is 23.2. The zero-order valence-electron chi connectivity index (χ0n) is 16.7. The van der Waals surface area contributed by atoms with Crippen LogP contribution in [0.1, 0.15) is 27.7 Å². The highest BCUT2D eigenvalue weighted by atomic mass is 32.2. The van der Waals surface area contributed by atoms with E-state index in [-0.39, 0.29) is 24.1 Å². The number of H-pyrrole nitrogens is 2. The van der Waals surface area contributed by atoms with Crippen LogP contribution in [0.2, 0.25) is 0 Å². The maximum Gasteiger partial charge on any atom is 0.368 e. The van der Waals surface area contributed by atoms with Crippen molar-refractivity contribution in [3.8, 4) is 5.75 Å². The number of nitrogens with zero attached hydrogens (tertiary/aromatic N) is 1. The summed E-state index contributed by atoms with van der Waals surface area (Å²) in [5.41, 5.74) is 0.753. The molecule has 0 saturated carbocycles. The van der Waals surface area contributed by atoms with E-state index < -0.39 is 7.60 Å². The van der Waals surface area contributed by atoms with E-state index >= 15 is 0 Å². The second-order valence-electron chi connectivity index (χ2n) is 6.85. The van der Waals surface area contributed by atoms with E-state index in [1.54, 1.807) is 40.0 Å². The van der Waals surface area contributed by atoms with Crippen molar-refractivity contribution >= 4 is 30.4 Å². The summed E-state index contributed by atoms with van der Waals surface area (Å²) in [6.07, 6.45) is 2.37. The summed E-state index contributed by atoms with van der Waals surface area (Å²) in [5, 5.41) is 0. The normalized spacial score (nSPS) is 12.2. The molecule has 2 aromatic heterocycles. The van der Waals surface area contributed by atoms with E-state index in [4.69, 9.17) is 13.8 Å². The molecule has 0 bridgehead atoms. The molecule has 3 aromatic rings. The number of hydrogen-bond donors (Lipinski definition) is 2. The molecule has 0 aliphatic carbocycles. The van der Waals surface area contributed by atoms with Crippen LogP contribution in [0.15, 0.2) is 51.4 Å². The third-order valence-corrected chi connectivity index (χ3v) is 6.64. The van der Waals surface area contributed by atoms with Crippen LogP contribution in [0.3, 0.4) is 0 Å². The Morgan fingerprint density at radius 1 is 1.07 bits per heavy atom. The molecule has 2 heterocycles. The number of para-hydroxylation sites is 1. The van der Waals surface area contributed by atoms with Gasteiger partial charge in [0.25, 0.3) is 5.56 Å². The van der Waals surface area contributed by atoms with Crippen molar-refractivity contribution in [1.82, 2.24) is 15.0 Å². The number of aromatic nitrogens is 3. The van der Waals surface area contributed by atoms with Crippen molar-refractivity contribution in [3.05, 3.63) is 47.1 Å². The number of benzene rings is 1. The van der Waals surface area contributed by atoms with Crippen LogP contribution in [0.4, 0.5) is 0 Å². The van der Waals surface area contributed by atoms with Gasteiger partial charge in [-0.3, -0.25) is 9.36 Å². The van der Waals surface area contributed by atoms with Crippen LogP contribution in [-0.4, -0.2) is 33.5 Å². The van der Waals surface area contributed by atoms with Gasteiger partial charge in [-0.05, 0) is 39.8 Å². The van der Waals surface area contributed by atoms with Crippen LogP contribution >= 0.6 is 19.4 Å². The Morgan fingerprint density at radius 2 is 1.76 bits per heavy atom. The van der Waals surface area contributed by atoms with Gasteiger partial charge in [0.05, 0.1) is 28.3 Å². The molecule has 2 N–H and O–H groups in total. The molecule has 0 spiro atoms. The van der Waals surface area contributed by atoms with Gasteiger partial charge in [0.15, 0.2) is 6.35 Å². The van der Waals surface area contributed by atoms with Gasteiger partial charge in [-0.15, -0.1) is 0 Å². The molecule has 0 aliphatic rings. The van der Waals surface area contributed by atoms with Gasteiger partial charge in [0.2, 0.25) is 0 Å². The quantitative estimate of drug-likeness (QED) is 0.464. The zero-order valence-corrected chi connectivity index (χ0v) is 18.4. The lowest BCUT2D eigenvalue weighted by Crippen LogP contribution is -2.13. The number of ether oxygens (including phenoxy) is 1. The van der Waals surface area contributed by atoms with Crippen LogP contribution < -0.4 is 10.3 Å². The van der Waals surface area contributed by atoms with E-state index in [0.29, 0.717) is 16.8 Å². The predicted octanol–water partition coefficient (Wildman–Crippen LogP) is 4.78. The minimum absolute atomic E-state index is 0.202. The molecule has 0 atom stereocenters. The van der Waals surface area contributed by atoms with Gasteiger partial charge in [-0.1, -0.05) is 23.9 Å². The van der Waals surface area contributed by atoms with E-state index in [9.17, 15) is 9.36 Å². The highest BCUT2D eigenvalue weighted by Crippen LogP contribution is 2.51. The summed E-state index contributed by atoms with van der Waals surface area (Å²) >= 11 is 1.39. The van der Waals surface area contributed by atoms with Crippen molar-refractivity contribution in [1.29, 1.82) is 0 Å². The predicted molar refractivity (Wildman–Crippen MR) is 113 cm³/mol. The topological polar surface area (TPSA) is 106 Å². The maximum atomic E-state index is 13.0. The Kier molecular flexibility index (Phi) is 6.85. The van der Waals surface area contributed by atoms with Gasteiger partial charge < -0.3 is 23.8 Å². The monoisotopic (exact) mass is 437 g/mol. The molecule has 10 heteroatoms. The Hall–Kier alpha value is -2.06. The third kappa shape index (κ3) is 5.51. The highest BCUT2D eigenvalue weighted by Gasteiger charge is 2.29. The van der Waals surface area contributed by atoms with E-state index in [1.807, 2.05) is 18.2 Å². The average Bonchev–Trinajstić information content (AvgIpc) is 3.04. The Morgan fingerprint density at radius 3 is 2.45 bits per heavy atom. The third-order valence-electron chi connectivity index (χ3n) is 3.62. The second kappa shape index (κ2) is 9.17. The molecule has 0 aliphatic heterocycles. The largest absolute Gasteiger partial charge is 0.480 e.